The van der Waals surface area contributed by atoms with E-state index < -0.39 is 0 Å². The molecule has 1 N–H and O–H groups in total. The van der Waals surface area contributed by atoms with Crippen molar-refractivity contribution in [1.82, 2.24) is 0 Å². The third kappa shape index (κ3) is 1.99. The summed E-state index contributed by atoms with van der Waals surface area (Å²) in [5, 5.41) is 0. The van der Waals surface area contributed by atoms with Gasteiger partial charge in [-0.3, -0.25) is 0 Å². The zero-order valence-electron chi connectivity index (χ0n) is 12.2. The average molecular weight is 277 g/mol. The van der Waals surface area contributed by atoms with E-state index in [1.54, 1.807) is 11.9 Å². The van der Waals surface area contributed by atoms with Crippen LogP contribution in [0.25, 0.3) is 0 Å². The second kappa shape index (κ2) is 4.17. The van der Waals surface area contributed by atoms with Gasteiger partial charge in [-0.15, -0.1) is 0 Å². The zero-order chi connectivity index (χ0) is 13.8. The van der Waals surface area contributed by atoms with Crippen molar-refractivity contribution in [2.45, 2.75) is 51.6 Å². The number of benzene rings is 1. The Balaban J connectivity index is 1.97. The molecule has 0 amide bonds. The highest BCUT2D eigenvalue weighted by Crippen LogP contribution is 2.38. The molecule has 0 spiro atoms. The molecule has 102 valence electrons. The predicted molar refractivity (Wildman–Crippen MR) is 81.8 cm³/mol. The molecule has 0 atom stereocenters. The Morgan fingerprint density at radius 2 is 1.79 bits per heavy atom. The summed E-state index contributed by atoms with van der Waals surface area (Å²) < 4.78 is 15.6. The summed E-state index contributed by atoms with van der Waals surface area (Å²) in [6, 6.07) is 4.25. The zero-order valence-corrected chi connectivity index (χ0v) is 13.0. The molecular weight excluding hydrogens is 257 g/mol. The first kappa shape index (κ1) is 13.3. The van der Waals surface area contributed by atoms with Gasteiger partial charge in [-0.05, 0) is 69.2 Å². The van der Waals surface area contributed by atoms with E-state index in [0.717, 1.165) is 11.2 Å². The van der Waals surface area contributed by atoms with E-state index in [1.165, 1.54) is 16.8 Å². The number of anilines is 1. The molecular formula is C14H20BNO2S. The maximum Gasteiger partial charge on any atom is 0.495 e. The summed E-state index contributed by atoms with van der Waals surface area (Å²) in [5.41, 5.74) is 4.47. The Bertz CT molecular complexity index is 514. The number of hydrogen-bond acceptors (Lipinski definition) is 4. The number of hydrogen-bond donors (Lipinski definition) is 1. The topological polar surface area (TPSA) is 30.5 Å². The standard InChI is InChI=1S/C14H20BNO2S/c1-9-10-8-19-16-12(10)7-6-11(9)15-17-13(2,3)14(4,5)18-15/h6-7,16H,8H2,1-5H3. The van der Waals surface area contributed by atoms with Gasteiger partial charge < -0.3 is 14.0 Å². The fraction of sp³-hybridized carbons (Fsp3) is 0.571. The van der Waals surface area contributed by atoms with Gasteiger partial charge in [0.05, 0.1) is 11.2 Å². The van der Waals surface area contributed by atoms with Crippen LogP contribution in [0.4, 0.5) is 5.69 Å². The maximum atomic E-state index is 6.14. The predicted octanol–water partition coefficient (Wildman–Crippen LogP) is 2.87. The third-order valence-electron chi connectivity index (χ3n) is 4.55. The maximum absolute atomic E-state index is 6.14. The molecule has 2 aliphatic heterocycles. The van der Waals surface area contributed by atoms with Gasteiger partial charge in [0.1, 0.15) is 0 Å². The second-order valence-corrected chi connectivity index (χ2v) is 7.07. The smallest absolute Gasteiger partial charge is 0.399 e. The molecule has 0 aliphatic carbocycles. The lowest BCUT2D eigenvalue weighted by Gasteiger charge is -2.32. The summed E-state index contributed by atoms with van der Waals surface area (Å²) in [4.78, 5) is 0. The molecule has 1 saturated heterocycles. The van der Waals surface area contributed by atoms with E-state index in [9.17, 15) is 0 Å². The van der Waals surface area contributed by atoms with Crippen molar-refractivity contribution in [1.29, 1.82) is 0 Å². The molecule has 1 aromatic rings. The van der Waals surface area contributed by atoms with Crippen LogP contribution in [0.3, 0.4) is 0 Å². The minimum atomic E-state index is -0.282. The molecule has 3 nitrogen and oxygen atoms in total. The SMILES string of the molecule is Cc1c(B2OC(C)(C)C(C)(C)O2)ccc2c1CSN2. The van der Waals surface area contributed by atoms with Gasteiger partial charge in [0.2, 0.25) is 0 Å². The van der Waals surface area contributed by atoms with E-state index in [-0.39, 0.29) is 18.3 Å². The molecule has 19 heavy (non-hydrogen) atoms. The van der Waals surface area contributed by atoms with E-state index in [4.69, 9.17) is 9.31 Å². The van der Waals surface area contributed by atoms with Crippen LogP contribution in [0.2, 0.25) is 0 Å². The highest BCUT2D eigenvalue weighted by molar-refractivity contribution is 8.00. The minimum Gasteiger partial charge on any atom is -0.399 e. The Hall–Kier alpha value is -0.645. The molecule has 1 aromatic carbocycles. The van der Waals surface area contributed by atoms with E-state index in [1.807, 2.05) is 0 Å². The van der Waals surface area contributed by atoms with Gasteiger partial charge in [0, 0.05) is 11.4 Å². The first-order valence-electron chi connectivity index (χ1n) is 6.68. The van der Waals surface area contributed by atoms with Crippen molar-refractivity contribution >= 4 is 30.2 Å². The first-order chi connectivity index (χ1) is 8.82. The number of nitrogens with one attached hydrogen (secondary N) is 1. The number of fused-ring (bicyclic) bond motifs is 1. The first-order valence-corrected chi connectivity index (χ1v) is 7.66. The monoisotopic (exact) mass is 277 g/mol. The van der Waals surface area contributed by atoms with Crippen LogP contribution < -0.4 is 10.2 Å². The summed E-state index contributed by atoms with van der Waals surface area (Å²) in [6.45, 7) is 10.5. The van der Waals surface area contributed by atoms with E-state index in [2.05, 4.69) is 51.5 Å². The molecule has 0 unspecified atom stereocenters. The van der Waals surface area contributed by atoms with Crippen LogP contribution in [0.5, 0.6) is 0 Å². The van der Waals surface area contributed by atoms with Gasteiger partial charge in [-0.25, -0.2) is 0 Å². The van der Waals surface area contributed by atoms with Crippen molar-refractivity contribution in [3.63, 3.8) is 0 Å². The van der Waals surface area contributed by atoms with Crippen LogP contribution >= 0.6 is 11.9 Å². The van der Waals surface area contributed by atoms with E-state index >= 15 is 0 Å². The van der Waals surface area contributed by atoms with Gasteiger partial charge in [0.25, 0.3) is 0 Å². The van der Waals surface area contributed by atoms with Crippen molar-refractivity contribution < 1.29 is 9.31 Å². The Kier molecular flexibility index (Phi) is 2.93. The fourth-order valence-electron chi connectivity index (χ4n) is 2.47. The Labute approximate surface area is 119 Å². The van der Waals surface area contributed by atoms with Gasteiger partial charge >= 0.3 is 7.12 Å². The van der Waals surface area contributed by atoms with E-state index in [0.29, 0.717) is 0 Å². The molecule has 2 heterocycles. The molecule has 0 radical (unpaired) electrons. The van der Waals surface area contributed by atoms with Crippen LogP contribution in [0.15, 0.2) is 12.1 Å². The minimum absolute atomic E-state index is 0.263. The Morgan fingerprint density at radius 3 is 2.42 bits per heavy atom. The average Bonchev–Trinajstić information content (AvgIpc) is 2.83. The largest absolute Gasteiger partial charge is 0.495 e. The van der Waals surface area contributed by atoms with Gasteiger partial charge in [-0.2, -0.15) is 0 Å². The highest BCUT2D eigenvalue weighted by Gasteiger charge is 2.52. The highest BCUT2D eigenvalue weighted by atomic mass is 32.2. The van der Waals surface area contributed by atoms with Crippen molar-refractivity contribution in [2.75, 3.05) is 4.72 Å². The molecule has 3 rings (SSSR count). The van der Waals surface area contributed by atoms with Crippen LogP contribution in [0.1, 0.15) is 38.8 Å². The molecule has 5 heteroatoms. The molecule has 0 bridgehead atoms. The Morgan fingerprint density at radius 1 is 1.16 bits per heavy atom. The lowest BCUT2D eigenvalue weighted by molar-refractivity contribution is 0.00578. The van der Waals surface area contributed by atoms with Crippen LogP contribution in [0, 0.1) is 6.92 Å². The second-order valence-electron chi connectivity index (χ2n) is 6.28. The molecule has 2 aliphatic rings. The summed E-state index contributed by atoms with van der Waals surface area (Å²) in [5.74, 6) is 1.01. The summed E-state index contributed by atoms with van der Waals surface area (Å²) in [6.07, 6.45) is 0. The van der Waals surface area contributed by atoms with Crippen LogP contribution in [-0.2, 0) is 15.1 Å². The summed E-state index contributed by atoms with van der Waals surface area (Å²) >= 11 is 1.74. The lowest BCUT2D eigenvalue weighted by Crippen LogP contribution is -2.41. The lowest BCUT2D eigenvalue weighted by atomic mass is 9.75. The third-order valence-corrected chi connectivity index (χ3v) is 5.34. The van der Waals surface area contributed by atoms with Gasteiger partial charge in [-0.1, -0.05) is 6.07 Å². The van der Waals surface area contributed by atoms with Crippen LogP contribution in [-0.4, -0.2) is 18.3 Å². The van der Waals surface area contributed by atoms with Gasteiger partial charge in [0.15, 0.2) is 0 Å². The van der Waals surface area contributed by atoms with Crippen molar-refractivity contribution in [3.8, 4) is 0 Å². The van der Waals surface area contributed by atoms with Crippen molar-refractivity contribution in [2.24, 2.45) is 0 Å². The summed E-state index contributed by atoms with van der Waals surface area (Å²) in [7, 11) is -0.263. The quantitative estimate of drug-likeness (QED) is 0.631. The number of rotatable bonds is 1. The molecule has 0 saturated carbocycles. The van der Waals surface area contributed by atoms with Crippen molar-refractivity contribution in [3.05, 3.63) is 23.3 Å². The normalized spacial score (nSPS) is 23.3. The fourth-order valence-corrected chi connectivity index (χ4v) is 3.40. The molecule has 0 aromatic heterocycles. The molecule has 1 fully saturated rings.